The van der Waals surface area contributed by atoms with E-state index in [4.69, 9.17) is 18.9 Å². The quantitative estimate of drug-likeness (QED) is 0.158. The van der Waals surface area contributed by atoms with Crippen molar-refractivity contribution in [2.45, 2.75) is 76.5 Å². The molecule has 0 saturated heterocycles. The molecule has 4 aromatic rings. The largest absolute Gasteiger partial charge is 0.507 e. The molecule has 8 heteroatoms. The number of aromatic hydroxyl groups is 4. The summed E-state index contributed by atoms with van der Waals surface area (Å²) < 4.78 is 22.0. The van der Waals surface area contributed by atoms with Crippen molar-refractivity contribution >= 4 is 0 Å². The molecular weight excluding hydrogens is 632 g/mol. The summed E-state index contributed by atoms with van der Waals surface area (Å²) in [6.45, 7) is 0. The summed E-state index contributed by atoms with van der Waals surface area (Å²) in [5, 5.41) is 42.4. The van der Waals surface area contributed by atoms with E-state index in [0.717, 1.165) is 97.6 Å². The van der Waals surface area contributed by atoms with Crippen LogP contribution >= 0.6 is 0 Å². The van der Waals surface area contributed by atoms with E-state index in [-0.39, 0.29) is 23.0 Å². The minimum atomic E-state index is 0.115. The van der Waals surface area contributed by atoms with Gasteiger partial charge in [0.25, 0.3) is 0 Å². The van der Waals surface area contributed by atoms with Gasteiger partial charge < -0.3 is 39.4 Å². The molecule has 50 heavy (non-hydrogen) atoms. The van der Waals surface area contributed by atoms with Crippen LogP contribution in [0.1, 0.15) is 78.7 Å². The molecule has 0 radical (unpaired) electrons. The molecule has 1 atom stereocenters. The highest BCUT2D eigenvalue weighted by Gasteiger charge is 2.31. The Bertz CT molecular complexity index is 1890. The zero-order valence-corrected chi connectivity index (χ0v) is 29.5. The average Bonchev–Trinajstić information content (AvgIpc) is 3.20. The second-order valence-corrected chi connectivity index (χ2v) is 13.3. The molecule has 0 saturated carbocycles. The number of benzene rings is 4. The molecule has 0 spiro atoms. The van der Waals surface area contributed by atoms with Crippen molar-refractivity contribution in [2.75, 3.05) is 28.4 Å². The molecule has 0 heterocycles. The van der Waals surface area contributed by atoms with Crippen LogP contribution in [-0.2, 0) is 25.7 Å². The molecule has 7 rings (SSSR count). The first-order valence-corrected chi connectivity index (χ1v) is 17.6. The Kier molecular flexibility index (Phi) is 10.7. The molecule has 0 amide bonds. The van der Waals surface area contributed by atoms with E-state index in [1.807, 2.05) is 24.3 Å². The predicted octanol–water partition coefficient (Wildman–Crippen LogP) is 9.15. The van der Waals surface area contributed by atoms with Crippen LogP contribution < -0.4 is 18.9 Å². The summed E-state index contributed by atoms with van der Waals surface area (Å²) in [6.07, 6.45) is 15.2. The topological polar surface area (TPSA) is 118 Å². The van der Waals surface area contributed by atoms with Gasteiger partial charge in [-0.15, -0.1) is 0 Å². The maximum atomic E-state index is 10.7. The van der Waals surface area contributed by atoms with Gasteiger partial charge in [0.1, 0.15) is 11.5 Å². The monoisotopic (exact) mass is 680 g/mol. The second kappa shape index (κ2) is 15.3. The predicted molar refractivity (Wildman–Crippen MR) is 196 cm³/mol. The number of rotatable bonds is 4. The smallest absolute Gasteiger partial charge is 0.203 e. The fraction of sp³-hybridized carbons (Fsp3) is 0.381. The molecule has 4 N–H and O–H groups in total. The lowest BCUT2D eigenvalue weighted by Gasteiger charge is -2.29. The number of hydrogen-bond donors (Lipinski definition) is 4. The Balaban J connectivity index is 0.000000173. The average molecular weight is 681 g/mol. The molecule has 3 aliphatic carbocycles. The third-order valence-corrected chi connectivity index (χ3v) is 10.3. The van der Waals surface area contributed by atoms with Gasteiger partial charge in [-0.2, -0.15) is 0 Å². The SMILES string of the molecule is COc1c2cc(c(O)c1OC)CCCC/C=C\Cc1ccc(O)c-2c1.COc1c2cc(c(O)c1OC)CCCC1CCCc3ccc(O)c-2c31. The minimum absolute atomic E-state index is 0.115. The highest BCUT2D eigenvalue weighted by molar-refractivity contribution is 5.85. The lowest BCUT2D eigenvalue weighted by atomic mass is 9.76. The van der Waals surface area contributed by atoms with Crippen molar-refractivity contribution < 1.29 is 39.4 Å². The van der Waals surface area contributed by atoms with Crippen LogP contribution in [-0.4, -0.2) is 48.9 Å². The van der Waals surface area contributed by atoms with Crippen LogP contribution in [0, 0.1) is 0 Å². The molecule has 0 aromatic heterocycles. The van der Waals surface area contributed by atoms with E-state index in [0.29, 0.717) is 34.5 Å². The van der Waals surface area contributed by atoms with Crippen LogP contribution in [0.25, 0.3) is 22.3 Å². The van der Waals surface area contributed by atoms with Crippen molar-refractivity contribution in [3.8, 4) is 68.2 Å². The van der Waals surface area contributed by atoms with Gasteiger partial charge in [-0.1, -0.05) is 24.3 Å². The summed E-state index contributed by atoms with van der Waals surface area (Å²) in [4.78, 5) is 0. The van der Waals surface area contributed by atoms with Gasteiger partial charge in [0.05, 0.1) is 28.4 Å². The lowest BCUT2D eigenvalue weighted by Crippen LogP contribution is -2.11. The first-order valence-electron chi connectivity index (χ1n) is 17.6. The highest BCUT2D eigenvalue weighted by atomic mass is 16.5. The van der Waals surface area contributed by atoms with Crippen molar-refractivity contribution in [1.82, 2.24) is 0 Å². The number of fused-ring (bicyclic) bond motifs is 8. The first kappa shape index (κ1) is 34.9. The fourth-order valence-corrected chi connectivity index (χ4v) is 7.89. The van der Waals surface area contributed by atoms with E-state index in [1.54, 1.807) is 19.2 Å². The Morgan fingerprint density at radius 2 is 1.12 bits per heavy atom. The summed E-state index contributed by atoms with van der Waals surface area (Å²) in [7, 11) is 6.16. The molecule has 6 bridgehead atoms. The van der Waals surface area contributed by atoms with Crippen LogP contribution in [0.5, 0.6) is 46.0 Å². The number of allylic oxidation sites excluding steroid dienone is 2. The Morgan fingerprint density at radius 1 is 0.540 bits per heavy atom. The fourth-order valence-electron chi connectivity index (χ4n) is 7.89. The van der Waals surface area contributed by atoms with E-state index >= 15 is 0 Å². The Morgan fingerprint density at radius 3 is 1.78 bits per heavy atom. The molecule has 8 nitrogen and oxygen atoms in total. The van der Waals surface area contributed by atoms with Gasteiger partial charge >= 0.3 is 0 Å². The van der Waals surface area contributed by atoms with E-state index < -0.39 is 0 Å². The van der Waals surface area contributed by atoms with Crippen molar-refractivity contribution in [3.63, 3.8) is 0 Å². The van der Waals surface area contributed by atoms with Crippen molar-refractivity contribution in [3.05, 3.63) is 82.4 Å². The third-order valence-electron chi connectivity index (χ3n) is 10.3. The van der Waals surface area contributed by atoms with Crippen molar-refractivity contribution in [1.29, 1.82) is 0 Å². The maximum absolute atomic E-state index is 10.7. The molecule has 1 unspecified atom stereocenters. The molecule has 3 aliphatic rings. The van der Waals surface area contributed by atoms with Crippen molar-refractivity contribution in [2.24, 2.45) is 0 Å². The number of phenolic OH excluding ortho intramolecular Hbond substituents is 4. The number of methoxy groups -OCH3 is 4. The molecule has 4 aromatic carbocycles. The number of phenols is 4. The molecular formula is C42H48O8. The van der Waals surface area contributed by atoms with Gasteiger partial charge in [0.2, 0.25) is 11.5 Å². The molecule has 264 valence electrons. The highest BCUT2D eigenvalue weighted by Crippen LogP contribution is 2.54. The normalized spacial score (nSPS) is 17.0. The van der Waals surface area contributed by atoms with E-state index in [9.17, 15) is 20.4 Å². The van der Waals surface area contributed by atoms with Gasteiger partial charge in [-0.3, -0.25) is 0 Å². The van der Waals surface area contributed by atoms with Crippen LogP contribution in [0.2, 0.25) is 0 Å². The summed E-state index contributed by atoms with van der Waals surface area (Å²) >= 11 is 0. The van der Waals surface area contributed by atoms with Gasteiger partial charge in [0, 0.05) is 22.3 Å². The number of ether oxygens (including phenoxy) is 4. The van der Waals surface area contributed by atoms with Crippen LogP contribution in [0.3, 0.4) is 0 Å². The lowest BCUT2D eigenvalue weighted by molar-refractivity contribution is 0.332. The van der Waals surface area contributed by atoms with Gasteiger partial charge in [-0.25, -0.2) is 0 Å². The maximum Gasteiger partial charge on any atom is 0.203 e. The molecule has 0 aliphatic heterocycles. The second-order valence-electron chi connectivity index (χ2n) is 13.3. The zero-order valence-electron chi connectivity index (χ0n) is 29.5. The van der Waals surface area contributed by atoms with Crippen LogP contribution in [0.15, 0.2) is 54.6 Å². The Hall–Kier alpha value is -4.98. The standard InChI is InChI=1S/2C21H24O4/c1-24-20-15-11-14(19(23)21(20)25-2)8-4-6-12-5-3-7-13-9-10-16(22)18(15)17(12)13;1-24-20-17-13-15(19(23)21(20)25-2)9-7-5-3-4-6-8-14-10-11-18(22)16(17)12-14/h9-12,22-23H,3-8H2,1-2H3;4,6,10-13,22-23H,3,5,7-9H2,1-2H3/b;6-4-. The van der Waals surface area contributed by atoms with E-state index in [1.165, 1.54) is 38.9 Å². The minimum Gasteiger partial charge on any atom is -0.507 e. The molecule has 0 fully saturated rings. The Labute approximate surface area is 294 Å². The zero-order chi connectivity index (χ0) is 35.4. The van der Waals surface area contributed by atoms with E-state index in [2.05, 4.69) is 18.2 Å². The summed E-state index contributed by atoms with van der Waals surface area (Å²) in [6, 6.07) is 13.3. The summed E-state index contributed by atoms with van der Waals surface area (Å²) in [5.41, 5.74) is 8.42. The van der Waals surface area contributed by atoms with Gasteiger partial charge in [0.15, 0.2) is 23.0 Å². The number of aryl methyl sites for hydroxylation is 3. The summed E-state index contributed by atoms with van der Waals surface area (Å²) in [5.74, 6) is 2.73. The van der Waals surface area contributed by atoms with Crippen LogP contribution in [0.4, 0.5) is 0 Å². The van der Waals surface area contributed by atoms with Gasteiger partial charge in [-0.05, 0) is 135 Å². The third kappa shape index (κ3) is 6.63. The number of hydrogen-bond acceptors (Lipinski definition) is 8. The first-order chi connectivity index (χ1) is 24.3.